The summed E-state index contributed by atoms with van der Waals surface area (Å²) < 4.78 is 0. The highest BCUT2D eigenvalue weighted by Crippen LogP contribution is 2.24. The molecule has 1 heterocycles. The van der Waals surface area contributed by atoms with Gasteiger partial charge in [0.1, 0.15) is 4.88 Å². The zero-order valence-electron chi connectivity index (χ0n) is 11.5. The number of aromatic nitrogens is 1. The van der Waals surface area contributed by atoms with E-state index < -0.39 is 0 Å². The molecule has 0 fully saturated rings. The quantitative estimate of drug-likeness (QED) is 0.903. The molecule has 0 unspecified atom stereocenters. The maximum absolute atomic E-state index is 12.3. The Morgan fingerprint density at radius 3 is 2.63 bits per heavy atom. The lowest BCUT2D eigenvalue weighted by Gasteiger charge is -2.09. The molecule has 4 nitrogen and oxygen atoms in total. The van der Waals surface area contributed by atoms with E-state index in [1.165, 1.54) is 11.3 Å². The van der Waals surface area contributed by atoms with E-state index >= 15 is 0 Å². The van der Waals surface area contributed by atoms with E-state index in [1.54, 1.807) is 7.05 Å². The Hall–Kier alpha value is -1.88. The molecule has 0 aliphatic carbocycles. The molecule has 1 aromatic heterocycles. The van der Waals surface area contributed by atoms with Crippen molar-refractivity contribution in [1.29, 1.82) is 0 Å². The van der Waals surface area contributed by atoms with Gasteiger partial charge in [0, 0.05) is 12.7 Å². The highest BCUT2D eigenvalue weighted by molar-refractivity contribution is 7.17. The fourth-order valence-corrected chi connectivity index (χ4v) is 2.59. The molecule has 0 aliphatic heterocycles. The molecule has 2 aromatic rings. The van der Waals surface area contributed by atoms with Crippen molar-refractivity contribution in [2.24, 2.45) is 0 Å². The second-order valence-electron chi connectivity index (χ2n) is 4.39. The fourth-order valence-electron chi connectivity index (χ4n) is 1.78. The van der Waals surface area contributed by atoms with Crippen LogP contribution in [0.25, 0.3) is 0 Å². The molecule has 0 spiro atoms. The number of nitrogens with one attached hydrogen (secondary N) is 2. The number of thiazole rings is 1. The Morgan fingerprint density at radius 2 is 2.00 bits per heavy atom. The van der Waals surface area contributed by atoms with Crippen LogP contribution < -0.4 is 10.6 Å². The Balaban J connectivity index is 2.25. The summed E-state index contributed by atoms with van der Waals surface area (Å²) >= 11 is 1.36. The van der Waals surface area contributed by atoms with Gasteiger partial charge in [-0.25, -0.2) is 4.98 Å². The number of hydrogen-bond donors (Lipinski definition) is 2. The Bertz CT molecular complexity index is 619. The minimum absolute atomic E-state index is 0.106. The molecule has 0 radical (unpaired) electrons. The van der Waals surface area contributed by atoms with Gasteiger partial charge < -0.3 is 10.6 Å². The third kappa shape index (κ3) is 2.76. The van der Waals surface area contributed by atoms with Crippen molar-refractivity contribution in [2.45, 2.75) is 20.8 Å². The smallest absolute Gasteiger partial charge is 0.267 e. The average molecular weight is 275 g/mol. The van der Waals surface area contributed by atoms with E-state index in [1.807, 2.05) is 39.0 Å². The lowest BCUT2D eigenvalue weighted by molar-refractivity contribution is 0.102. The molecule has 0 bridgehead atoms. The second-order valence-corrected chi connectivity index (χ2v) is 5.38. The number of anilines is 2. The normalized spacial score (nSPS) is 10.3. The lowest BCUT2D eigenvalue weighted by Crippen LogP contribution is -2.12. The standard InChI is InChI=1S/C14H17N3OS/c1-8-6-5-7-11(9(8)2)17-13(18)12-10(3)16-14(15-4)19-12/h5-7H,1-4H3,(H,15,16)(H,17,18). The highest BCUT2D eigenvalue weighted by Gasteiger charge is 2.15. The Morgan fingerprint density at radius 1 is 1.26 bits per heavy atom. The van der Waals surface area contributed by atoms with Crippen molar-refractivity contribution in [3.05, 3.63) is 39.9 Å². The van der Waals surface area contributed by atoms with E-state index in [9.17, 15) is 4.79 Å². The van der Waals surface area contributed by atoms with Crippen molar-refractivity contribution < 1.29 is 4.79 Å². The molecule has 1 amide bonds. The van der Waals surface area contributed by atoms with Crippen molar-refractivity contribution >= 4 is 28.1 Å². The van der Waals surface area contributed by atoms with Gasteiger partial charge in [0.25, 0.3) is 5.91 Å². The van der Waals surface area contributed by atoms with Crippen LogP contribution in [0.3, 0.4) is 0 Å². The van der Waals surface area contributed by atoms with E-state index in [0.29, 0.717) is 4.88 Å². The van der Waals surface area contributed by atoms with Crippen LogP contribution in [0.2, 0.25) is 0 Å². The molecule has 0 atom stereocenters. The summed E-state index contributed by atoms with van der Waals surface area (Å²) in [6.45, 7) is 5.88. The minimum Gasteiger partial charge on any atom is -0.365 e. The van der Waals surface area contributed by atoms with Gasteiger partial charge >= 0.3 is 0 Å². The van der Waals surface area contributed by atoms with Crippen LogP contribution in [0.4, 0.5) is 10.8 Å². The van der Waals surface area contributed by atoms with E-state index in [0.717, 1.165) is 27.6 Å². The van der Waals surface area contributed by atoms with E-state index in [-0.39, 0.29) is 5.91 Å². The highest BCUT2D eigenvalue weighted by atomic mass is 32.1. The summed E-state index contributed by atoms with van der Waals surface area (Å²) in [7, 11) is 1.80. The predicted molar refractivity (Wildman–Crippen MR) is 80.3 cm³/mol. The van der Waals surface area contributed by atoms with Crippen LogP contribution in [0, 0.1) is 20.8 Å². The fraction of sp³-hybridized carbons (Fsp3) is 0.286. The molecule has 1 aromatic carbocycles. The number of rotatable bonds is 3. The van der Waals surface area contributed by atoms with Crippen LogP contribution >= 0.6 is 11.3 Å². The van der Waals surface area contributed by atoms with Gasteiger partial charge in [-0.3, -0.25) is 4.79 Å². The summed E-state index contributed by atoms with van der Waals surface area (Å²) in [5, 5.41) is 6.66. The molecule has 2 N–H and O–H groups in total. The zero-order valence-corrected chi connectivity index (χ0v) is 12.3. The topological polar surface area (TPSA) is 54.0 Å². The Labute approximate surface area is 116 Å². The van der Waals surface area contributed by atoms with Gasteiger partial charge in [-0.2, -0.15) is 0 Å². The summed E-state index contributed by atoms with van der Waals surface area (Å²) in [6.07, 6.45) is 0. The van der Waals surface area contributed by atoms with Gasteiger partial charge in [0.05, 0.1) is 5.69 Å². The van der Waals surface area contributed by atoms with Gasteiger partial charge in [0.2, 0.25) is 0 Å². The molecular weight excluding hydrogens is 258 g/mol. The number of benzene rings is 1. The number of carbonyl (C=O) groups is 1. The number of carbonyl (C=O) groups excluding carboxylic acids is 1. The van der Waals surface area contributed by atoms with E-state index in [2.05, 4.69) is 15.6 Å². The van der Waals surface area contributed by atoms with Crippen LogP contribution in [0.1, 0.15) is 26.5 Å². The molecule has 2 rings (SSSR count). The first-order valence-electron chi connectivity index (χ1n) is 6.05. The van der Waals surface area contributed by atoms with Crippen LogP contribution in [-0.4, -0.2) is 17.9 Å². The maximum atomic E-state index is 12.3. The maximum Gasteiger partial charge on any atom is 0.267 e. The summed E-state index contributed by atoms with van der Waals surface area (Å²) in [6, 6.07) is 5.88. The van der Waals surface area contributed by atoms with Crippen molar-refractivity contribution in [3.8, 4) is 0 Å². The lowest BCUT2D eigenvalue weighted by atomic mass is 10.1. The number of aryl methyl sites for hydroxylation is 2. The number of amides is 1. The summed E-state index contributed by atoms with van der Waals surface area (Å²) in [5.41, 5.74) is 3.85. The minimum atomic E-state index is -0.106. The number of hydrogen-bond acceptors (Lipinski definition) is 4. The third-order valence-electron chi connectivity index (χ3n) is 3.07. The monoisotopic (exact) mass is 275 g/mol. The van der Waals surface area contributed by atoms with Gasteiger partial charge in [-0.15, -0.1) is 0 Å². The largest absolute Gasteiger partial charge is 0.365 e. The number of nitrogens with zero attached hydrogens (tertiary/aromatic N) is 1. The predicted octanol–water partition coefficient (Wildman–Crippen LogP) is 3.36. The van der Waals surface area contributed by atoms with Crippen molar-refractivity contribution in [1.82, 2.24) is 4.98 Å². The van der Waals surface area contributed by atoms with Crippen molar-refractivity contribution in [3.63, 3.8) is 0 Å². The average Bonchev–Trinajstić information content (AvgIpc) is 2.76. The Kier molecular flexibility index (Phi) is 3.85. The van der Waals surface area contributed by atoms with Gasteiger partial charge in [0.15, 0.2) is 5.13 Å². The molecule has 0 saturated carbocycles. The zero-order chi connectivity index (χ0) is 14.0. The second kappa shape index (κ2) is 5.40. The SMILES string of the molecule is CNc1nc(C)c(C(=O)Nc2cccc(C)c2C)s1. The third-order valence-corrected chi connectivity index (χ3v) is 4.24. The van der Waals surface area contributed by atoms with Gasteiger partial charge in [-0.1, -0.05) is 23.5 Å². The first kappa shape index (κ1) is 13.5. The van der Waals surface area contributed by atoms with Crippen LogP contribution in [0.5, 0.6) is 0 Å². The van der Waals surface area contributed by atoms with Crippen LogP contribution in [0.15, 0.2) is 18.2 Å². The first-order chi connectivity index (χ1) is 9.02. The van der Waals surface area contributed by atoms with Crippen LogP contribution in [-0.2, 0) is 0 Å². The molecule has 0 saturated heterocycles. The molecule has 100 valence electrons. The summed E-state index contributed by atoms with van der Waals surface area (Å²) in [4.78, 5) is 17.2. The van der Waals surface area contributed by atoms with E-state index in [4.69, 9.17) is 0 Å². The van der Waals surface area contributed by atoms with Gasteiger partial charge in [-0.05, 0) is 38.0 Å². The molecule has 19 heavy (non-hydrogen) atoms. The van der Waals surface area contributed by atoms with Crippen molar-refractivity contribution in [2.75, 3.05) is 17.7 Å². The molecule has 5 heteroatoms. The summed E-state index contributed by atoms with van der Waals surface area (Å²) in [5.74, 6) is -0.106. The molecule has 0 aliphatic rings. The first-order valence-corrected chi connectivity index (χ1v) is 6.87. The molecular formula is C14H17N3OS.